The van der Waals surface area contributed by atoms with Gasteiger partial charge >= 0.3 is 0 Å². The number of carbonyl (C=O) groups excluding carboxylic acids is 1. The molecule has 24 heavy (non-hydrogen) atoms. The molecule has 0 radical (unpaired) electrons. The molecule has 0 saturated heterocycles. The molecule has 0 aliphatic carbocycles. The SMILES string of the molecule is CC(C)CN(CCC(C)C(N)=O)c1ccc(OCC(C)(C)C)cc1. The Morgan fingerprint density at radius 1 is 1.17 bits per heavy atom. The fourth-order valence-corrected chi connectivity index (χ4v) is 2.31. The van der Waals surface area contributed by atoms with Crippen molar-refractivity contribution in [1.82, 2.24) is 0 Å². The zero-order valence-corrected chi connectivity index (χ0v) is 16.1. The van der Waals surface area contributed by atoms with E-state index in [0.717, 1.165) is 30.9 Å². The van der Waals surface area contributed by atoms with Crippen molar-refractivity contribution in [3.05, 3.63) is 24.3 Å². The molecule has 4 heteroatoms. The average molecular weight is 335 g/mol. The molecule has 0 heterocycles. The Bertz CT molecular complexity index is 503. The van der Waals surface area contributed by atoms with Gasteiger partial charge in [0.15, 0.2) is 0 Å². The van der Waals surface area contributed by atoms with Crippen molar-refractivity contribution >= 4 is 11.6 Å². The lowest BCUT2D eigenvalue weighted by molar-refractivity contribution is -0.121. The molecule has 0 saturated carbocycles. The van der Waals surface area contributed by atoms with Gasteiger partial charge in [-0.3, -0.25) is 4.79 Å². The normalized spacial score (nSPS) is 13.0. The first-order chi connectivity index (χ1) is 11.1. The number of benzene rings is 1. The number of anilines is 1. The molecule has 1 amide bonds. The second-order valence-corrected chi connectivity index (χ2v) is 8.28. The first kappa shape index (κ1) is 20.3. The molecule has 0 aromatic heterocycles. The zero-order valence-electron chi connectivity index (χ0n) is 16.1. The maximum Gasteiger partial charge on any atom is 0.220 e. The maximum atomic E-state index is 11.3. The van der Waals surface area contributed by atoms with Crippen molar-refractivity contribution in [2.45, 2.75) is 48.0 Å². The summed E-state index contributed by atoms with van der Waals surface area (Å²) in [5.74, 6) is 1.11. The molecule has 0 aliphatic heterocycles. The minimum Gasteiger partial charge on any atom is -0.493 e. The standard InChI is InChI=1S/C20H34N2O2/c1-15(2)13-22(12-11-16(3)19(21)23)17-7-9-18(10-8-17)24-14-20(4,5)6/h7-10,15-16H,11-14H2,1-6H3,(H2,21,23). The van der Waals surface area contributed by atoms with E-state index in [2.05, 4.69) is 51.7 Å². The Labute approximate surface area is 147 Å². The third-order valence-corrected chi connectivity index (χ3v) is 3.78. The Hall–Kier alpha value is -1.71. The Balaban J connectivity index is 2.73. The Morgan fingerprint density at radius 3 is 2.21 bits per heavy atom. The average Bonchev–Trinajstić information content (AvgIpc) is 2.48. The molecular formula is C20H34N2O2. The van der Waals surface area contributed by atoms with Crippen LogP contribution in [0.3, 0.4) is 0 Å². The smallest absolute Gasteiger partial charge is 0.220 e. The van der Waals surface area contributed by atoms with Crippen LogP contribution >= 0.6 is 0 Å². The molecule has 1 unspecified atom stereocenters. The summed E-state index contributed by atoms with van der Waals surface area (Å²) in [6.45, 7) is 15.2. The van der Waals surface area contributed by atoms with E-state index in [4.69, 9.17) is 10.5 Å². The highest BCUT2D eigenvalue weighted by molar-refractivity contribution is 5.76. The maximum absolute atomic E-state index is 11.3. The third kappa shape index (κ3) is 7.71. The van der Waals surface area contributed by atoms with Gasteiger partial charge in [0.05, 0.1) is 6.61 Å². The second kappa shape index (κ2) is 8.95. The summed E-state index contributed by atoms with van der Waals surface area (Å²) in [5, 5.41) is 0. The van der Waals surface area contributed by atoms with Gasteiger partial charge in [-0.1, -0.05) is 41.5 Å². The van der Waals surface area contributed by atoms with Crippen LogP contribution in [-0.4, -0.2) is 25.6 Å². The van der Waals surface area contributed by atoms with Crippen LogP contribution in [0.5, 0.6) is 5.75 Å². The van der Waals surface area contributed by atoms with Crippen LogP contribution in [0.1, 0.15) is 48.0 Å². The molecule has 1 atom stereocenters. The van der Waals surface area contributed by atoms with Crippen LogP contribution in [0.4, 0.5) is 5.69 Å². The number of amides is 1. The van der Waals surface area contributed by atoms with Crippen LogP contribution in [0, 0.1) is 17.3 Å². The number of rotatable bonds is 9. The first-order valence-corrected chi connectivity index (χ1v) is 8.85. The summed E-state index contributed by atoms with van der Waals surface area (Å²) in [6, 6.07) is 8.22. The fraction of sp³-hybridized carbons (Fsp3) is 0.650. The number of ether oxygens (including phenoxy) is 1. The van der Waals surface area contributed by atoms with Gasteiger partial charge in [-0.15, -0.1) is 0 Å². The van der Waals surface area contributed by atoms with E-state index in [1.165, 1.54) is 0 Å². The summed E-state index contributed by atoms with van der Waals surface area (Å²) in [6.07, 6.45) is 0.768. The van der Waals surface area contributed by atoms with Crippen molar-refractivity contribution in [2.75, 3.05) is 24.6 Å². The summed E-state index contributed by atoms with van der Waals surface area (Å²) >= 11 is 0. The van der Waals surface area contributed by atoms with E-state index < -0.39 is 0 Å². The summed E-state index contributed by atoms with van der Waals surface area (Å²) < 4.78 is 5.84. The molecule has 0 aliphatic rings. The summed E-state index contributed by atoms with van der Waals surface area (Å²) in [4.78, 5) is 13.6. The number of hydrogen-bond donors (Lipinski definition) is 1. The van der Waals surface area contributed by atoms with E-state index in [1.807, 2.05) is 19.1 Å². The van der Waals surface area contributed by atoms with Gasteiger partial charge < -0.3 is 15.4 Å². The number of primary amides is 1. The van der Waals surface area contributed by atoms with Crippen LogP contribution in [0.25, 0.3) is 0 Å². The minimum atomic E-state index is -0.231. The third-order valence-electron chi connectivity index (χ3n) is 3.78. The molecule has 1 aromatic carbocycles. The molecule has 136 valence electrons. The van der Waals surface area contributed by atoms with Gasteiger partial charge in [-0.25, -0.2) is 0 Å². The minimum absolute atomic E-state index is 0.103. The first-order valence-electron chi connectivity index (χ1n) is 8.85. The van der Waals surface area contributed by atoms with Crippen molar-refractivity contribution in [1.29, 1.82) is 0 Å². The Kier molecular flexibility index (Phi) is 7.59. The number of nitrogens with two attached hydrogens (primary N) is 1. The molecule has 0 spiro atoms. The van der Waals surface area contributed by atoms with E-state index in [-0.39, 0.29) is 17.2 Å². The van der Waals surface area contributed by atoms with Gasteiger partial charge in [0.25, 0.3) is 0 Å². The number of carbonyl (C=O) groups is 1. The molecular weight excluding hydrogens is 300 g/mol. The van der Waals surface area contributed by atoms with Crippen molar-refractivity contribution in [2.24, 2.45) is 23.0 Å². The largest absolute Gasteiger partial charge is 0.493 e. The zero-order chi connectivity index (χ0) is 18.3. The number of hydrogen-bond acceptors (Lipinski definition) is 3. The predicted molar refractivity (Wildman–Crippen MR) is 101 cm³/mol. The quantitative estimate of drug-likeness (QED) is 0.740. The lowest BCUT2D eigenvalue weighted by atomic mass is 9.99. The van der Waals surface area contributed by atoms with Crippen LogP contribution < -0.4 is 15.4 Å². The fourth-order valence-electron chi connectivity index (χ4n) is 2.31. The topological polar surface area (TPSA) is 55.6 Å². The predicted octanol–water partition coefficient (Wildman–Crippen LogP) is 4.09. The second-order valence-electron chi connectivity index (χ2n) is 8.28. The molecule has 0 bridgehead atoms. The van der Waals surface area contributed by atoms with Crippen molar-refractivity contribution in [3.63, 3.8) is 0 Å². The van der Waals surface area contributed by atoms with Gasteiger partial charge in [-0.2, -0.15) is 0 Å². The van der Waals surface area contributed by atoms with Gasteiger partial charge in [0, 0.05) is 24.7 Å². The molecule has 1 rings (SSSR count). The van der Waals surface area contributed by atoms with Crippen LogP contribution in [0.2, 0.25) is 0 Å². The van der Waals surface area contributed by atoms with Crippen molar-refractivity contribution < 1.29 is 9.53 Å². The van der Waals surface area contributed by atoms with Crippen LogP contribution in [-0.2, 0) is 4.79 Å². The molecule has 0 fully saturated rings. The Morgan fingerprint density at radius 2 is 1.75 bits per heavy atom. The lowest BCUT2D eigenvalue weighted by Crippen LogP contribution is -2.32. The van der Waals surface area contributed by atoms with Gasteiger partial charge in [-0.05, 0) is 42.0 Å². The van der Waals surface area contributed by atoms with E-state index >= 15 is 0 Å². The van der Waals surface area contributed by atoms with E-state index in [1.54, 1.807) is 0 Å². The van der Waals surface area contributed by atoms with E-state index in [9.17, 15) is 4.79 Å². The molecule has 2 N–H and O–H groups in total. The monoisotopic (exact) mass is 334 g/mol. The lowest BCUT2D eigenvalue weighted by Gasteiger charge is -2.28. The van der Waals surface area contributed by atoms with Crippen molar-refractivity contribution in [3.8, 4) is 5.75 Å². The highest BCUT2D eigenvalue weighted by Gasteiger charge is 2.14. The van der Waals surface area contributed by atoms with Gasteiger partial charge in [0.2, 0.25) is 5.91 Å². The summed E-state index contributed by atoms with van der Waals surface area (Å²) in [7, 11) is 0. The number of nitrogens with zero attached hydrogens (tertiary/aromatic N) is 1. The summed E-state index contributed by atoms with van der Waals surface area (Å²) in [5.41, 5.74) is 6.68. The highest BCUT2D eigenvalue weighted by Crippen LogP contribution is 2.23. The molecule has 4 nitrogen and oxygen atoms in total. The highest BCUT2D eigenvalue weighted by atomic mass is 16.5. The molecule has 1 aromatic rings. The van der Waals surface area contributed by atoms with E-state index in [0.29, 0.717) is 12.5 Å². The van der Waals surface area contributed by atoms with Gasteiger partial charge in [0.1, 0.15) is 5.75 Å². The van der Waals surface area contributed by atoms with Crippen LogP contribution in [0.15, 0.2) is 24.3 Å².